The highest BCUT2D eigenvalue weighted by Gasteiger charge is 2.61. The van der Waals surface area contributed by atoms with Crippen molar-refractivity contribution in [2.45, 2.75) is 37.1 Å². The molecule has 10 rings (SSSR count). The van der Waals surface area contributed by atoms with Gasteiger partial charge in [-0.25, -0.2) is 8.42 Å². The Morgan fingerprint density at radius 2 is 1.02 bits per heavy atom. The zero-order valence-electron chi connectivity index (χ0n) is 28.9. The molecule has 6 fully saturated rings. The molecular formula is C40H50F4N4O3S+2. The normalized spacial score (nSPS) is 31.9. The highest BCUT2D eigenvalue weighted by atomic mass is 32.2. The van der Waals surface area contributed by atoms with Crippen LogP contribution in [-0.2, 0) is 10.1 Å². The lowest BCUT2D eigenvalue weighted by atomic mass is 9.89. The number of hydrogen-bond donors (Lipinski definition) is 0. The van der Waals surface area contributed by atoms with E-state index in [1.54, 1.807) is 0 Å². The van der Waals surface area contributed by atoms with E-state index in [1.165, 1.54) is 47.4 Å². The lowest BCUT2D eigenvalue weighted by Crippen LogP contribution is -2.72. The second-order valence-corrected chi connectivity index (χ2v) is 16.1. The first-order valence-corrected chi connectivity index (χ1v) is 18.7. The molecule has 6 saturated heterocycles. The number of quaternary nitrogens is 3. The fourth-order valence-electron chi connectivity index (χ4n) is 8.52. The van der Waals surface area contributed by atoms with E-state index in [-0.39, 0.29) is 24.2 Å². The summed E-state index contributed by atoms with van der Waals surface area (Å²) in [7, 11) is -1.34. The van der Waals surface area contributed by atoms with Crippen LogP contribution >= 0.6 is 0 Å². The molecule has 8 atom stereocenters. The highest BCUT2D eigenvalue weighted by Crippen LogP contribution is 2.48. The monoisotopic (exact) mass is 742 g/mol. The van der Waals surface area contributed by atoms with Gasteiger partial charge in [-0.3, -0.25) is 4.90 Å². The van der Waals surface area contributed by atoms with Crippen molar-refractivity contribution in [1.82, 2.24) is 4.90 Å². The van der Waals surface area contributed by atoms with Gasteiger partial charge in [-0.2, -0.15) is 13.2 Å². The van der Waals surface area contributed by atoms with Crippen LogP contribution in [0.2, 0.25) is 0 Å². The minimum atomic E-state index is -6.09. The molecule has 280 valence electrons. The Hall–Kier alpha value is -3.65. The number of nitrogens with zero attached hydrogens (tertiary/aromatic N) is 4. The molecule has 4 bridgehead atoms. The summed E-state index contributed by atoms with van der Waals surface area (Å²) in [5.74, 6) is 0. The fraction of sp³-hybridized carbons (Fsp3) is 0.400. The Morgan fingerprint density at radius 3 is 1.46 bits per heavy atom. The maximum absolute atomic E-state index is 15.7. The number of rotatable bonds is 4. The van der Waals surface area contributed by atoms with Crippen LogP contribution < -0.4 is 0 Å². The van der Waals surface area contributed by atoms with Gasteiger partial charge >= 0.3 is 5.51 Å². The van der Waals surface area contributed by atoms with Crippen LogP contribution in [-0.4, -0.2) is 104 Å². The summed E-state index contributed by atoms with van der Waals surface area (Å²) in [6.45, 7) is 7.89. The summed E-state index contributed by atoms with van der Waals surface area (Å²) in [4.78, 5) is 2.69. The summed E-state index contributed by atoms with van der Waals surface area (Å²) in [6.07, 6.45) is 0. The van der Waals surface area contributed by atoms with Crippen molar-refractivity contribution in [3.05, 3.63) is 144 Å². The first-order valence-electron chi connectivity index (χ1n) is 17.3. The van der Waals surface area contributed by atoms with Crippen molar-refractivity contribution < 1.29 is 44.3 Å². The number of benzene rings is 4. The van der Waals surface area contributed by atoms with Gasteiger partial charge in [0.15, 0.2) is 35.3 Å². The predicted molar refractivity (Wildman–Crippen MR) is 194 cm³/mol. The number of fused-ring (bicyclic) bond motifs is 6. The molecule has 6 heterocycles. The van der Waals surface area contributed by atoms with Gasteiger partial charge in [-0.1, -0.05) is 129 Å². The van der Waals surface area contributed by atoms with Crippen LogP contribution in [0, 0.1) is 0 Å². The molecular weight excluding hydrogens is 693 g/mol. The lowest BCUT2D eigenvalue weighted by molar-refractivity contribution is -1.18. The van der Waals surface area contributed by atoms with Crippen LogP contribution in [0.5, 0.6) is 0 Å². The fourth-order valence-corrected chi connectivity index (χ4v) is 8.52. The third-order valence-corrected chi connectivity index (χ3v) is 12.0. The second kappa shape index (κ2) is 15.4. The molecule has 0 aliphatic carbocycles. The standard InChI is InChI=1S/C19H23FN2.C19H23N2.CHF3O3S.CH4/c1-21-12-13-22(20,15-18(21)16-8-4-2-5-9-16)19(14-21)17-10-6-3-7-11-17;1-21-13-12-20(14-19(21)17-10-6-3-7-11-17)18(15-21)16-8-4-2-5-9-16;2-1(3,4)8(5,6)7;/h2-11,18-19H,12-15H2,1H3;2-11,18-19H,12-15H2,1H3;(H,5,6,7);1H4/q+2;+1;;/p-1. The number of halogens is 4. The van der Waals surface area contributed by atoms with Crippen LogP contribution in [0.4, 0.5) is 17.7 Å². The Labute approximate surface area is 305 Å². The summed E-state index contributed by atoms with van der Waals surface area (Å²) >= 11 is 0. The molecule has 12 heteroatoms. The summed E-state index contributed by atoms with van der Waals surface area (Å²) in [6, 6.07) is 44.2. The van der Waals surface area contributed by atoms with E-state index in [1.807, 2.05) is 24.3 Å². The average molecular weight is 743 g/mol. The first-order chi connectivity index (χ1) is 24.1. The van der Waals surface area contributed by atoms with Crippen molar-refractivity contribution in [2.24, 2.45) is 0 Å². The smallest absolute Gasteiger partial charge is 0.485 e. The van der Waals surface area contributed by atoms with E-state index in [0.29, 0.717) is 25.2 Å². The molecule has 7 nitrogen and oxygen atoms in total. The van der Waals surface area contributed by atoms with Crippen LogP contribution in [0.25, 0.3) is 0 Å². The van der Waals surface area contributed by atoms with Gasteiger partial charge in [-0.05, 0) is 10.0 Å². The SMILES string of the molecule is C.C[N+]12CCN(CC1c1ccccc1)C(c1ccccc1)C2.C[N+]12CC[N+](F)(CC1c1ccccc1)C(c1ccccc1)C2.O=S(=O)([O-])C(F)(F)F. The molecule has 0 aromatic heterocycles. The molecule has 0 N–H and O–H groups in total. The Balaban J connectivity index is 0.000000165. The zero-order valence-corrected chi connectivity index (χ0v) is 29.8. The minimum Gasteiger partial charge on any atom is -0.741 e. The van der Waals surface area contributed by atoms with Crippen molar-refractivity contribution in [2.75, 3.05) is 66.5 Å². The van der Waals surface area contributed by atoms with Gasteiger partial charge in [0.25, 0.3) is 0 Å². The van der Waals surface area contributed by atoms with E-state index in [2.05, 4.69) is 116 Å². The van der Waals surface area contributed by atoms with Crippen LogP contribution in [0.3, 0.4) is 0 Å². The van der Waals surface area contributed by atoms with E-state index >= 15 is 4.48 Å². The number of alkyl halides is 3. The van der Waals surface area contributed by atoms with Gasteiger partial charge in [0.05, 0.1) is 39.8 Å². The Bertz CT molecular complexity index is 1800. The summed E-state index contributed by atoms with van der Waals surface area (Å²) in [5.41, 5.74) is -0.256. The number of hydrogen-bond acceptors (Lipinski definition) is 4. The Morgan fingerprint density at radius 1 is 0.615 bits per heavy atom. The van der Waals surface area contributed by atoms with Crippen molar-refractivity contribution in [3.8, 4) is 0 Å². The van der Waals surface area contributed by atoms with Crippen molar-refractivity contribution in [3.63, 3.8) is 0 Å². The lowest BCUT2D eigenvalue weighted by Gasteiger charge is -2.57. The third kappa shape index (κ3) is 8.27. The van der Waals surface area contributed by atoms with Gasteiger partial charge in [-0.15, -0.1) is 4.71 Å². The second-order valence-electron chi connectivity index (χ2n) is 14.7. The summed E-state index contributed by atoms with van der Waals surface area (Å²) < 4.78 is 76.5. The zero-order chi connectivity index (χ0) is 36.5. The molecule has 0 amide bonds. The maximum Gasteiger partial charge on any atom is 0.485 e. The molecule has 4 aromatic rings. The van der Waals surface area contributed by atoms with E-state index in [0.717, 1.165) is 23.1 Å². The third-order valence-electron chi connectivity index (χ3n) is 11.5. The largest absolute Gasteiger partial charge is 0.741 e. The summed E-state index contributed by atoms with van der Waals surface area (Å²) in [5, 5.41) is 0. The number of likely N-dealkylation sites (N-methyl/N-ethyl adjacent to an activating group) is 2. The van der Waals surface area contributed by atoms with Crippen molar-refractivity contribution in [1.29, 1.82) is 0 Å². The minimum absolute atomic E-state index is 0. The van der Waals surface area contributed by atoms with Crippen molar-refractivity contribution >= 4 is 10.1 Å². The van der Waals surface area contributed by atoms with Gasteiger partial charge in [0, 0.05) is 23.2 Å². The predicted octanol–water partition coefficient (Wildman–Crippen LogP) is 7.58. The molecule has 8 unspecified atom stereocenters. The van der Waals surface area contributed by atoms with E-state index < -0.39 is 15.6 Å². The molecule has 52 heavy (non-hydrogen) atoms. The van der Waals surface area contributed by atoms with Crippen LogP contribution in [0.15, 0.2) is 121 Å². The highest BCUT2D eigenvalue weighted by molar-refractivity contribution is 7.86. The maximum atomic E-state index is 15.7. The average Bonchev–Trinajstić information content (AvgIpc) is 3.13. The van der Waals surface area contributed by atoms with Gasteiger partial charge in [0.2, 0.25) is 0 Å². The molecule has 0 radical (unpaired) electrons. The molecule has 6 aliphatic heterocycles. The molecule has 6 aliphatic rings. The van der Waals surface area contributed by atoms with Gasteiger partial charge < -0.3 is 13.5 Å². The quantitative estimate of drug-likeness (QED) is 0.0712. The van der Waals surface area contributed by atoms with E-state index in [9.17, 15) is 13.2 Å². The number of piperazine rings is 6. The molecule has 0 saturated carbocycles. The van der Waals surface area contributed by atoms with E-state index in [4.69, 9.17) is 13.0 Å². The molecule has 0 spiro atoms. The van der Waals surface area contributed by atoms with Gasteiger partial charge in [0.1, 0.15) is 19.1 Å². The van der Waals surface area contributed by atoms with Crippen LogP contribution in [0.1, 0.15) is 53.8 Å². The Kier molecular flexibility index (Phi) is 11.7. The topological polar surface area (TPSA) is 60.4 Å². The first kappa shape index (κ1) is 39.6. The molecule has 4 aromatic carbocycles.